The minimum Gasteiger partial charge on any atom is -0.320 e. The Morgan fingerprint density at radius 2 is 1.92 bits per heavy atom. The van der Waals surface area contributed by atoms with Crippen LogP contribution in [0.1, 0.15) is 18.9 Å². The molecule has 2 nitrogen and oxygen atoms in total. The number of aliphatic imine (C=N–C) groups is 1. The monoisotopic (exact) mass is 384 g/mol. The SMILES string of the molecule is CCC1CN(c2cccc(C(F)(F)F)c2)C(=Nc2ccc(Cl)cc2)S1. The van der Waals surface area contributed by atoms with Crippen molar-refractivity contribution >= 4 is 39.9 Å². The van der Waals surface area contributed by atoms with Crippen LogP contribution in [-0.4, -0.2) is 17.0 Å². The van der Waals surface area contributed by atoms with Gasteiger partial charge in [0.15, 0.2) is 5.17 Å². The third kappa shape index (κ3) is 4.30. The van der Waals surface area contributed by atoms with E-state index in [1.54, 1.807) is 42.1 Å². The number of thioether (sulfide) groups is 1. The smallest absolute Gasteiger partial charge is 0.320 e. The Labute approximate surface area is 153 Å². The summed E-state index contributed by atoms with van der Waals surface area (Å²) >= 11 is 7.48. The van der Waals surface area contributed by atoms with Gasteiger partial charge in [-0.05, 0) is 48.9 Å². The largest absolute Gasteiger partial charge is 0.416 e. The van der Waals surface area contributed by atoms with Gasteiger partial charge in [-0.1, -0.05) is 36.4 Å². The molecule has 3 rings (SSSR count). The van der Waals surface area contributed by atoms with Gasteiger partial charge in [-0.3, -0.25) is 0 Å². The maximum Gasteiger partial charge on any atom is 0.416 e. The summed E-state index contributed by atoms with van der Waals surface area (Å²) in [6, 6.07) is 12.4. The zero-order valence-corrected chi connectivity index (χ0v) is 15.0. The summed E-state index contributed by atoms with van der Waals surface area (Å²) in [5.41, 5.74) is 0.576. The third-order valence-corrected chi connectivity index (χ3v) is 5.47. The number of rotatable bonds is 3. The lowest BCUT2D eigenvalue weighted by Crippen LogP contribution is -2.25. The van der Waals surface area contributed by atoms with E-state index in [0.717, 1.165) is 18.2 Å². The summed E-state index contributed by atoms with van der Waals surface area (Å²) in [6.45, 7) is 2.70. The van der Waals surface area contributed by atoms with Gasteiger partial charge in [0, 0.05) is 22.5 Å². The fraction of sp³-hybridized carbons (Fsp3) is 0.278. The van der Waals surface area contributed by atoms with Crippen LogP contribution < -0.4 is 4.90 Å². The summed E-state index contributed by atoms with van der Waals surface area (Å²) in [6.07, 6.45) is -3.44. The lowest BCUT2D eigenvalue weighted by molar-refractivity contribution is -0.137. The van der Waals surface area contributed by atoms with Gasteiger partial charge >= 0.3 is 6.18 Å². The highest BCUT2D eigenvalue weighted by atomic mass is 35.5. The molecule has 25 heavy (non-hydrogen) atoms. The van der Waals surface area contributed by atoms with Crippen molar-refractivity contribution in [3.05, 3.63) is 59.1 Å². The van der Waals surface area contributed by atoms with Crippen LogP contribution in [-0.2, 0) is 6.18 Å². The van der Waals surface area contributed by atoms with Crippen molar-refractivity contribution in [3.8, 4) is 0 Å². The second-order valence-corrected chi connectivity index (χ2v) is 7.38. The quantitative estimate of drug-likeness (QED) is 0.610. The molecule has 0 spiro atoms. The van der Waals surface area contributed by atoms with Gasteiger partial charge in [0.05, 0.1) is 11.3 Å². The topological polar surface area (TPSA) is 15.6 Å². The van der Waals surface area contributed by atoms with Gasteiger partial charge in [-0.15, -0.1) is 0 Å². The average Bonchev–Trinajstić information content (AvgIpc) is 2.99. The van der Waals surface area contributed by atoms with Crippen LogP contribution >= 0.6 is 23.4 Å². The number of halogens is 4. The van der Waals surface area contributed by atoms with Gasteiger partial charge in [0.2, 0.25) is 0 Å². The van der Waals surface area contributed by atoms with Gasteiger partial charge < -0.3 is 4.90 Å². The Bertz CT molecular complexity index is 775. The summed E-state index contributed by atoms with van der Waals surface area (Å²) in [7, 11) is 0. The first-order valence-electron chi connectivity index (χ1n) is 7.82. The molecule has 1 fully saturated rings. The van der Waals surface area contributed by atoms with E-state index in [1.807, 2.05) is 4.90 Å². The molecule has 0 saturated carbocycles. The molecule has 2 aromatic carbocycles. The standard InChI is InChI=1S/C18H16ClF3N2S/c1-2-16-11-24(15-5-3-4-12(10-15)18(20,21)22)17(25-16)23-14-8-6-13(19)7-9-14/h3-10,16H,2,11H2,1H3. The molecular weight excluding hydrogens is 369 g/mol. The summed E-state index contributed by atoms with van der Waals surface area (Å²) in [5.74, 6) is 0. The fourth-order valence-electron chi connectivity index (χ4n) is 2.52. The molecule has 2 aromatic rings. The number of hydrogen-bond acceptors (Lipinski definition) is 2. The van der Waals surface area contributed by atoms with Gasteiger partial charge in [-0.2, -0.15) is 13.2 Å². The van der Waals surface area contributed by atoms with E-state index in [0.29, 0.717) is 27.7 Å². The molecule has 0 radical (unpaired) electrons. The lowest BCUT2D eigenvalue weighted by atomic mass is 10.1. The second-order valence-electron chi connectivity index (χ2n) is 5.68. The van der Waals surface area contributed by atoms with E-state index in [9.17, 15) is 13.2 Å². The van der Waals surface area contributed by atoms with Crippen molar-refractivity contribution in [2.75, 3.05) is 11.4 Å². The number of hydrogen-bond donors (Lipinski definition) is 0. The lowest BCUT2D eigenvalue weighted by Gasteiger charge is -2.20. The maximum absolute atomic E-state index is 13.0. The van der Waals surface area contributed by atoms with Crippen molar-refractivity contribution in [1.29, 1.82) is 0 Å². The predicted octanol–water partition coefficient (Wildman–Crippen LogP) is 6.38. The summed E-state index contributed by atoms with van der Waals surface area (Å²) < 4.78 is 39.0. The molecule has 0 aliphatic carbocycles. The molecule has 1 aliphatic heterocycles. The molecule has 7 heteroatoms. The number of alkyl halides is 3. The highest BCUT2D eigenvalue weighted by Crippen LogP contribution is 2.37. The second kappa shape index (κ2) is 7.30. The van der Waals surface area contributed by atoms with Gasteiger partial charge in [0.25, 0.3) is 0 Å². The minimum atomic E-state index is -4.36. The molecule has 0 bridgehead atoms. The molecule has 132 valence electrons. The first-order valence-corrected chi connectivity index (χ1v) is 9.08. The van der Waals surface area contributed by atoms with Crippen LogP contribution in [0, 0.1) is 0 Å². The van der Waals surface area contributed by atoms with E-state index in [4.69, 9.17) is 11.6 Å². The van der Waals surface area contributed by atoms with Crippen molar-refractivity contribution < 1.29 is 13.2 Å². The Hall–Kier alpha value is -1.66. The Kier molecular flexibility index (Phi) is 5.29. The van der Waals surface area contributed by atoms with E-state index in [1.165, 1.54) is 12.1 Å². The van der Waals surface area contributed by atoms with E-state index >= 15 is 0 Å². The molecule has 1 atom stereocenters. The number of nitrogens with zero attached hydrogens (tertiary/aromatic N) is 2. The Morgan fingerprint density at radius 3 is 2.56 bits per heavy atom. The number of benzene rings is 2. The van der Waals surface area contributed by atoms with E-state index < -0.39 is 11.7 Å². The molecular formula is C18H16ClF3N2S. The van der Waals surface area contributed by atoms with Crippen molar-refractivity contribution in [3.63, 3.8) is 0 Å². The van der Waals surface area contributed by atoms with Crippen molar-refractivity contribution in [2.45, 2.75) is 24.8 Å². The highest BCUT2D eigenvalue weighted by Gasteiger charge is 2.33. The molecule has 0 N–H and O–H groups in total. The summed E-state index contributed by atoms with van der Waals surface area (Å²) in [5, 5.41) is 1.61. The molecule has 0 aromatic heterocycles. The molecule has 1 unspecified atom stereocenters. The highest BCUT2D eigenvalue weighted by molar-refractivity contribution is 8.15. The number of amidine groups is 1. The minimum absolute atomic E-state index is 0.292. The van der Waals surface area contributed by atoms with Crippen LogP contribution in [0.3, 0.4) is 0 Å². The molecule has 1 saturated heterocycles. The average molecular weight is 385 g/mol. The van der Waals surface area contributed by atoms with E-state index in [2.05, 4.69) is 11.9 Å². The number of anilines is 1. The van der Waals surface area contributed by atoms with Crippen molar-refractivity contribution in [2.24, 2.45) is 4.99 Å². The zero-order chi connectivity index (χ0) is 18.0. The normalized spacial score (nSPS) is 19.6. The van der Waals surface area contributed by atoms with Crippen LogP contribution in [0.5, 0.6) is 0 Å². The fourth-order valence-corrected chi connectivity index (χ4v) is 3.80. The third-order valence-electron chi connectivity index (χ3n) is 3.88. The maximum atomic E-state index is 13.0. The first kappa shape index (κ1) is 18.1. The van der Waals surface area contributed by atoms with Crippen LogP contribution in [0.4, 0.5) is 24.5 Å². The predicted molar refractivity (Wildman–Crippen MR) is 99.0 cm³/mol. The molecule has 1 aliphatic rings. The summed E-state index contributed by atoms with van der Waals surface area (Å²) in [4.78, 5) is 6.46. The molecule has 1 heterocycles. The Morgan fingerprint density at radius 1 is 1.20 bits per heavy atom. The van der Waals surface area contributed by atoms with E-state index in [-0.39, 0.29) is 0 Å². The molecule has 0 amide bonds. The van der Waals surface area contributed by atoms with Crippen LogP contribution in [0.2, 0.25) is 5.02 Å². The van der Waals surface area contributed by atoms with Gasteiger partial charge in [-0.25, -0.2) is 4.99 Å². The van der Waals surface area contributed by atoms with Crippen molar-refractivity contribution in [1.82, 2.24) is 0 Å². The zero-order valence-electron chi connectivity index (χ0n) is 13.4. The van der Waals surface area contributed by atoms with Crippen LogP contribution in [0.15, 0.2) is 53.5 Å². The van der Waals surface area contributed by atoms with Gasteiger partial charge in [0.1, 0.15) is 0 Å². The Balaban J connectivity index is 1.96. The first-order chi connectivity index (χ1) is 11.9. The van der Waals surface area contributed by atoms with Crippen LogP contribution in [0.25, 0.3) is 0 Å².